The second-order valence-electron chi connectivity index (χ2n) is 7.31. The molecule has 0 spiro atoms. The largest absolute Gasteiger partial charge is 0.357 e. The van der Waals surface area contributed by atoms with Gasteiger partial charge in [-0.2, -0.15) is 0 Å². The van der Waals surface area contributed by atoms with E-state index in [9.17, 15) is 14.4 Å². The molecule has 0 bridgehead atoms. The van der Waals surface area contributed by atoms with Gasteiger partial charge in [-0.1, -0.05) is 6.07 Å². The minimum Gasteiger partial charge on any atom is -0.357 e. The van der Waals surface area contributed by atoms with Gasteiger partial charge in [-0.3, -0.25) is 18.7 Å². The van der Waals surface area contributed by atoms with Crippen LogP contribution < -0.4 is 21.5 Å². The molecule has 1 aromatic carbocycles. The maximum absolute atomic E-state index is 12.7. The third kappa shape index (κ3) is 3.82. The third-order valence-electron chi connectivity index (χ3n) is 5.39. The van der Waals surface area contributed by atoms with Gasteiger partial charge in [0.15, 0.2) is 0 Å². The van der Waals surface area contributed by atoms with Gasteiger partial charge in [0.1, 0.15) is 5.82 Å². The van der Waals surface area contributed by atoms with E-state index >= 15 is 0 Å². The summed E-state index contributed by atoms with van der Waals surface area (Å²) in [6, 6.07) is 7.34. The summed E-state index contributed by atoms with van der Waals surface area (Å²) in [6.45, 7) is 5.25. The normalized spacial score (nSPS) is 17.0. The highest BCUT2D eigenvalue weighted by atomic mass is 16.2. The van der Waals surface area contributed by atoms with Gasteiger partial charge in [0.25, 0.3) is 5.56 Å². The Hall–Kier alpha value is -2.83. The lowest BCUT2D eigenvalue weighted by Crippen LogP contribution is -2.45. The number of amides is 1. The fourth-order valence-corrected chi connectivity index (χ4v) is 3.49. The zero-order valence-corrected chi connectivity index (χ0v) is 16.3. The summed E-state index contributed by atoms with van der Waals surface area (Å²) < 4.78 is 2.54. The Kier molecular flexibility index (Phi) is 5.21. The van der Waals surface area contributed by atoms with Crippen LogP contribution in [0.1, 0.15) is 24.0 Å². The molecule has 7 nitrogen and oxygen atoms in total. The van der Waals surface area contributed by atoms with Crippen LogP contribution in [0.2, 0.25) is 0 Å². The van der Waals surface area contributed by atoms with Crippen LogP contribution in [0.25, 0.3) is 0 Å². The van der Waals surface area contributed by atoms with Crippen molar-refractivity contribution in [1.82, 2.24) is 9.13 Å². The van der Waals surface area contributed by atoms with Crippen molar-refractivity contribution in [3.8, 4) is 0 Å². The van der Waals surface area contributed by atoms with E-state index in [1.54, 1.807) is 7.05 Å². The first-order valence-corrected chi connectivity index (χ1v) is 9.18. The number of rotatable bonds is 3. The number of hydrogen-bond donors (Lipinski definition) is 1. The van der Waals surface area contributed by atoms with Crippen molar-refractivity contribution in [3.05, 3.63) is 56.2 Å². The van der Waals surface area contributed by atoms with Crippen molar-refractivity contribution in [1.29, 1.82) is 0 Å². The Labute approximate surface area is 158 Å². The van der Waals surface area contributed by atoms with Gasteiger partial charge in [0.05, 0.1) is 5.92 Å². The number of carbonyl (C=O) groups is 1. The van der Waals surface area contributed by atoms with E-state index in [2.05, 4.69) is 5.32 Å². The number of benzene rings is 1. The highest BCUT2D eigenvalue weighted by Crippen LogP contribution is 2.23. The van der Waals surface area contributed by atoms with Crippen molar-refractivity contribution in [2.24, 2.45) is 20.0 Å². The first kappa shape index (κ1) is 18.9. The second kappa shape index (κ2) is 7.42. The van der Waals surface area contributed by atoms with Crippen LogP contribution in [0.15, 0.2) is 33.9 Å². The average molecular weight is 370 g/mol. The molecule has 2 heterocycles. The lowest BCUT2D eigenvalue weighted by Gasteiger charge is -2.34. The molecule has 0 saturated carbocycles. The number of aryl methyl sites for hydroxylation is 2. The molecule has 0 radical (unpaired) electrons. The van der Waals surface area contributed by atoms with E-state index in [0.717, 1.165) is 28.7 Å². The van der Waals surface area contributed by atoms with Crippen LogP contribution in [0.4, 0.5) is 11.5 Å². The van der Waals surface area contributed by atoms with E-state index in [0.29, 0.717) is 18.9 Å². The van der Waals surface area contributed by atoms with Gasteiger partial charge in [-0.25, -0.2) is 4.79 Å². The quantitative estimate of drug-likeness (QED) is 0.890. The molecule has 3 rings (SSSR count). The van der Waals surface area contributed by atoms with Crippen LogP contribution in [-0.4, -0.2) is 28.1 Å². The molecule has 1 saturated heterocycles. The molecule has 144 valence electrons. The number of piperidine rings is 1. The van der Waals surface area contributed by atoms with Crippen LogP contribution >= 0.6 is 0 Å². The Morgan fingerprint density at radius 2 is 1.81 bits per heavy atom. The smallest absolute Gasteiger partial charge is 0.332 e. The molecule has 1 aliphatic rings. The summed E-state index contributed by atoms with van der Waals surface area (Å²) >= 11 is 0. The van der Waals surface area contributed by atoms with Crippen molar-refractivity contribution < 1.29 is 4.79 Å². The maximum Gasteiger partial charge on any atom is 0.332 e. The summed E-state index contributed by atoms with van der Waals surface area (Å²) in [5, 5.41) is 3.00. The van der Waals surface area contributed by atoms with Crippen molar-refractivity contribution in [2.45, 2.75) is 26.7 Å². The van der Waals surface area contributed by atoms with Gasteiger partial charge in [0.2, 0.25) is 5.91 Å². The molecule has 2 aromatic rings. The Balaban J connectivity index is 1.78. The molecule has 1 amide bonds. The lowest BCUT2D eigenvalue weighted by atomic mass is 9.97. The standard InChI is InChI=1S/C20H26N4O3/c1-13-7-8-16(10-14(13)2)21-19(26)15-6-5-9-24(12-15)17-11-18(25)23(4)20(27)22(17)3/h7-8,10-11,15H,5-6,9,12H2,1-4H3,(H,21,26)/t15-/m1/s1. The molecule has 1 N–H and O–H groups in total. The van der Waals surface area contributed by atoms with E-state index in [1.165, 1.54) is 23.2 Å². The molecule has 7 heteroatoms. The van der Waals surface area contributed by atoms with Crippen LogP contribution in [0.3, 0.4) is 0 Å². The number of nitrogens with zero attached hydrogens (tertiary/aromatic N) is 3. The number of aromatic nitrogens is 2. The monoisotopic (exact) mass is 370 g/mol. The molecule has 1 atom stereocenters. The van der Waals surface area contributed by atoms with Crippen molar-refractivity contribution in [3.63, 3.8) is 0 Å². The lowest BCUT2D eigenvalue weighted by molar-refractivity contribution is -0.120. The molecule has 27 heavy (non-hydrogen) atoms. The fourth-order valence-electron chi connectivity index (χ4n) is 3.49. The van der Waals surface area contributed by atoms with E-state index in [-0.39, 0.29) is 23.1 Å². The second-order valence-corrected chi connectivity index (χ2v) is 7.31. The minimum absolute atomic E-state index is 0.0308. The Morgan fingerprint density at radius 3 is 2.52 bits per heavy atom. The van der Waals surface area contributed by atoms with Gasteiger partial charge >= 0.3 is 5.69 Å². The highest BCUT2D eigenvalue weighted by Gasteiger charge is 2.27. The molecule has 0 unspecified atom stereocenters. The molecule has 1 aliphatic heterocycles. The van der Waals surface area contributed by atoms with Gasteiger partial charge in [0, 0.05) is 38.9 Å². The number of anilines is 2. The number of carbonyl (C=O) groups excluding carboxylic acids is 1. The van der Waals surface area contributed by atoms with Crippen LogP contribution in [0, 0.1) is 19.8 Å². The summed E-state index contributed by atoms with van der Waals surface area (Å²) in [4.78, 5) is 38.9. The summed E-state index contributed by atoms with van der Waals surface area (Å²) in [7, 11) is 3.11. The zero-order chi connectivity index (χ0) is 19.7. The molecule has 1 aromatic heterocycles. The predicted molar refractivity (Wildman–Crippen MR) is 106 cm³/mol. The topological polar surface area (TPSA) is 76.3 Å². The van der Waals surface area contributed by atoms with E-state index in [1.807, 2.05) is 36.9 Å². The van der Waals surface area contributed by atoms with E-state index in [4.69, 9.17) is 0 Å². The first-order chi connectivity index (χ1) is 12.8. The number of hydrogen-bond acceptors (Lipinski definition) is 4. The first-order valence-electron chi connectivity index (χ1n) is 9.18. The fraction of sp³-hybridized carbons (Fsp3) is 0.450. The SMILES string of the molecule is Cc1ccc(NC(=O)[C@@H]2CCCN(c3cc(=O)n(C)c(=O)n3C)C2)cc1C. The third-order valence-corrected chi connectivity index (χ3v) is 5.39. The Morgan fingerprint density at radius 1 is 1.07 bits per heavy atom. The average Bonchev–Trinajstić information content (AvgIpc) is 2.66. The van der Waals surface area contributed by atoms with Crippen LogP contribution in [-0.2, 0) is 18.9 Å². The zero-order valence-electron chi connectivity index (χ0n) is 16.3. The van der Waals surface area contributed by atoms with Crippen molar-refractivity contribution >= 4 is 17.4 Å². The van der Waals surface area contributed by atoms with Gasteiger partial charge in [-0.15, -0.1) is 0 Å². The molecule has 1 fully saturated rings. The summed E-state index contributed by atoms with van der Waals surface area (Å²) in [5.74, 6) is 0.336. The minimum atomic E-state index is -0.362. The molecule has 0 aliphatic carbocycles. The highest BCUT2D eigenvalue weighted by molar-refractivity contribution is 5.93. The van der Waals surface area contributed by atoms with E-state index < -0.39 is 0 Å². The summed E-state index contributed by atoms with van der Waals surface area (Å²) in [5.41, 5.74) is 2.41. The predicted octanol–water partition coefficient (Wildman–Crippen LogP) is 1.56. The van der Waals surface area contributed by atoms with Gasteiger partial charge in [-0.05, 0) is 49.9 Å². The van der Waals surface area contributed by atoms with Crippen molar-refractivity contribution in [2.75, 3.05) is 23.3 Å². The Bertz CT molecular complexity index is 990. The molecular weight excluding hydrogens is 344 g/mol. The maximum atomic E-state index is 12.7. The summed E-state index contributed by atoms with van der Waals surface area (Å²) in [6.07, 6.45) is 1.61. The van der Waals surface area contributed by atoms with Gasteiger partial charge < -0.3 is 10.2 Å². The van der Waals surface area contributed by atoms with Crippen LogP contribution in [0.5, 0.6) is 0 Å². The molecular formula is C20H26N4O3. The number of nitrogens with one attached hydrogen (secondary N) is 1.